The van der Waals surface area contributed by atoms with Crippen LogP contribution in [0.25, 0.3) is 0 Å². The van der Waals surface area contributed by atoms with E-state index in [1.807, 2.05) is 13.8 Å². The summed E-state index contributed by atoms with van der Waals surface area (Å²) in [5.41, 5.74) is 0.284. The molecule has 0 saturated carbocycles. The average Bonchev–Trinajstić information content (AvgIpc) is 2.85. The van der Waals surface area contributed by atoms with Crippen molar-refractivity contribution < 1.29 is 9.72 Å². The quantitative estimate of drug-likeness (QED) is 0.657. The van der Waals surface area contributed by atoms with Crippen molar-refractivity contribution in [1.82, 2.24) is 5.32 Å². The van der Waals surface area contributed by atoms with Crippen LogP contribution in [0.3, 0.4) is 0 Å². The van der Waals surface area contributed by atoms with E-state index in [4.69, 9.17) is 11.6 Å². The molecule has 0 radical (unpaired) electrons. The molecule has 7 nitrogen and oxygen atoms in total. The van der Waals surface area contributed by atoms with Crippen LogP contribution in [0.2, 0.25) is 5.02 Å². The van der Waals surface area contributed by atoms with E-state index in [1.165, 1.54) is 17.8 Å². The van der Waals surface area contributed by atoms with E-state index in [9.17, 15) is 14.9 Å². The Bertz CT molecular complexity index is 653. The summed E-state index contributed by atoms with van der Waals surface area (Å²) in [6.45, 7) is 5.00. The molecule has 0 aliphatic carbocycles. The number of aliphatic imine (C=N–C) groups is 1. The second kappa shape index (κ2) is 7.65. The lowest BCUT2D eigenvalue weighted by Gasteiger charge is -2.18. The Morgan fingerprint density at radius 2 is 2.35 bits per heavy atom. The van der Waals surface area contributed by atoms with E-state index in [-0.39, 0.29) is 10.9 Å². The Morgan fingerprint density at radius 1 is 1.61 bits per heavy atom. The van der Waals surface area contributed by atoms with Crippen LogP contribution in [0.4, 0.5) is 16.2 Å². The summed E-state index contributed by atoms with van der Waals surface area (Å²) in [4.78, 5) is 28.3. The smallest absolute Gasteiger partial charge is 0.336 e. The van der Waals surface area contributed by atoms with Crippen LogP contribution in [0.15, 0.2) is 23.2 Å². The third-order valence-corrected chi connectivity index (χ3v) is 4.43. The Morgan fingerprint density at radius 3 is 3.00 bits per heavy atom. The summed E-state index contributed by atoms with van der Waals surface area (Å²) in [6.07, 6.45) is 0.812. The van der Waals surface area contributed by atoms with E-state index in [0.29, 0.717) is 29.0 Å². The van der Waals surface area contributed by atoms with Crippen molar-refractivity contribution in [2.75, 3.05) is 18.0 Å². The number of thioether (sulfide) groups is 1. The second-order valence-electron chi connectivity index (χ2n) is 5.06. The highest BCUT2D eigenvalue weighted by atomic mass is 35.5. The van der Waals surface area contributed by atoms with Gasteiger partial charge in [-0.25, -0.2) is 4.79 Å². The predicted octanol–water partition coefficient (Wildman–Crippen LogP) is 3.67. The van der Waals surface area contributed by atoms with Crippen molar-refractivity contribution in [1.29, 1.82) is 0 Å². The van der Waals surface area contributed by atoms with E-state index in [0.717, 1.165) is 6.42 Å². The fourth-order valence-corrected chi connectivity index (χ4v) is 3.32. The Labute approximate surface area is 143 Å². The standard InChI is InChI=1S/C14H17ClN4O3S/c1-3-6-16-13(20)17-14-18(8-9(2)23-14)11-5-4-10(15)7-12(11)19(21)22/h4-5,7,9H,3,6,8H2,1-2H3,(H,16,20)/t9-/m0/s1. The Hall–Kier alpha value is -1.80. The molecule has 2 amide bonds. The fourth-order valence-electron chi connectivity index (χ4n) is 2.13. The molecule has 23 heavy (non-hydrogen) atoms. The lowest BCUT2D eigenvalue weighted by atomic mass is 10.2. The number of nitrogens with zero attached hydrogens (tertiary/aromatic N) is 3. The maximum absolute atomic E-state index is 11.8. The molecule has 2 rings (SSSR count). The molecule has 1 fully saturated rings. The molecule has 1 saturated heterocycles. The van der Waals surface area contributed by atoms with Crippen molar-refractivity contribution in [3.63, 3.8) is 0 Å². The van der Waals surface area contributed by atoms with E-state index in [1.54, 1.807) is 17.0 Å². The minimum atomic E-state index is -0.482. The van der Waals surface area contributed by atoms with Gasteiger partial charge in [0.05, 0.1) is 4.92 Å². The van der Waals surface area contributed by atoms with Gasteiger partial charge in [0, 0.05) is 29.4 Å². The van der Waals surface area contributed by atoms with Crippen LogP contribution in [0, 0.1) is 10.1 Å². The van der Waals surface area contributed by atoms with Crippen LogP contribution in [-0.2, 0) is 0 Å². The number of anilines is 1. The van der Waals surface area contributed by atoms with Crippen molar-refractivity contribution in [2.45, 2.75) is 25.5 Å². The average molecular weight is 357 g/mol. The number of rotatable bonds is 4. The molecular weight excluding hydrogens is 340 g/mol. The molecule has 1 atom stereocenters. The van der Waals surface area contributed by atoms with Crippen LogP contribution >= 0.6 is 23.4 Å². The lowest BCUT2D eigenvalue weighted by molar-refractivity contribution is -0.384. The summed E-state index contributed by atoms with van der Waals surface area (Å²) in [7, 11) is 0. The number of hydrogen-bond donors (Lipinski definition) is 1. The van der Waals surface area contributed by atoms with Crippen molar-refractivity contribution in [2.24, 2.45) is 4.99 Å². The molecule has 0 spiro atoms. The molecular formula is C14H17ClN4O3S. The predicted molar refractivity (Wildman–Crippen MR) is 93.6 cm³/mol. The van der Waals surface area contributed by atoms with E-state index >= 15 is 0 Å². The van der Waals surface area contributed by atoms with Gasteiger partial charge in [-0.05, 0) is 18.6 Å². The maximum Gasteiger partial charge on any atom is 0.343 e. The first-order chi connectivity index (χ1) is 10.9. The number of nitrogens with one attached hydrogen (secondary N) is 1. The largest absolute Gasteiger partial charge is 0.343 e. The van der Waals surface area contributed by atoms with Gasteiger partial charge < -0.3 is 10.2 Å². The highest BCUT2D eigenvalue weighted by Crippen LogP contribution is 2.37. The summed E-state index contributed by atoms with van der Waals surface area (Å²) in [6, 6.07) is 4.04. The number of urea groups is 1. The summed E-state index contributed by atoms with van der Waals surface area (Å²) in [5.74, 6) is 0. The minimum absolute atomic E-state index is 0.103. The SMILES string of the molecule is CCCNC(=O)N=C1S[C@@H](C)CN1c1ccc(Cl)cc1[N+](=O)[O-]. The number of benzene rings is 1. The normalized spacial score (nSPS) is 19.2. The molecule has 1 N–H and O–H groups in total. The monoisotopic (exact) mass is 356 g/mol. The number of halogens is 1. The topological polar surface area (TPSA) is 87.8 Å². The third-order valence-electron chi connectivity index (χ3n) is 3.13. The Kier molecular flexibility index (Phi) is 5.84. The number of amidine groups is 1. The van der Waals surface area contributed by atoms with Crippen LogP contribution in [0.1, 0.15) is 20.3 Å². The molecule has 1 aliphatic rings. The van der Waals surface area contributed by atoms with Gasteiger partial charge in [-0.1, -0.05) is 37.2 Å². The number of amides is 2. The van der Waals surface area contributed by atoms with Crippen molar-refractivity contribution in [3.05, 3.63) is 33.3 Å². The minimum Gasteiger partial charge on any atom is -0.336 e. The van der Waals surface area contributed by atoms with E-state index < -0.39 is 11.0 Å². The highest BCUT2D eigenvalue weighted by Gasteiger charge is 2.32. The molecule has 124 valence electrons. The van der Waals surface area contributed by atoms with Gasteiger partial charge in [0.15, 0.2) is 5.17 Å². The number of hydrogen-bond acceptors (Lipinski definition) is 4. The van der Waals surface area contributed by atoms with Crippen LogP contribution in [-0.4, -0.2) is 34.5 Å². The molecule has 9 heteroatoms. The van der Waals surface area contributed by atoms with Gasteiger partial charge in [-0.3, -0.25) is 10.1 Å². The number of carbonyl (C=O) groups is 1. The van der Waals surface area contributed by atoms with Gasteiger partial charge in [-0.2, -0.15) is 4.99 Å². The van der Waals surface area contributed by atoms with Gasteiger partial charge in [-0.15, -0.1) is 0 Å². The number of carbonyl (C=O) groups excluding carboxylic acids is 1. The van der Waals surface area contributed by atoms with E-state index in [2.05, 4.69) is 10.3 Å². The van der Waals surface area contributed by atoms with Gasteiger partial charge >= 0.3 is 6.03 Å². The zero-order valence-electron chi connectivity index (χ0n) is 12.8. The molecule has 0 bridgehead atoms. The van der Waals surface area contributed by atoms with Gasteiger partial charge in [0.1, 0.15) is 5.69 Å². The molecule has 0 unspecified atom stereocenters. The first-order valence-electron chi connectivity index (χ1n) is 7.17. The fraction of sp³-hybridized carbons (Fsp3) is 0.429. The number of nitro groups is 1. The molecule has 1 aliphatic heterocycles. The second-order valence-corrected chi connectivity index (χ2v) is 6.90. The molecule has 1 aromatic rings. The third kappa shape index (κ3) is 4.35. The lowest BCUT2D eigenvalue weighted by Crippen LogP contribution is -2.28. The zero-order chi connectivity index (χ0) is 17.0. The number of nitro benzene ring substituents is 1. The van der Waals surface area contributed by atoms with Crippen molar-refractivity contribution >= 4 is 45.9 Å². The first kappa shape index (κ1) is 17.6. The summed E-state index contributed by atoms with van der Waals surface area (Å²) < 4.78 is 0. The highest BCUT2D eigenvalue weighted by molar-refractivity contribution is 8.15. The van der Waals surface area contributed by atoms with Gasteiger partial charge in [0.25, 0.3) is 5.69 Å². The molecule has 0 aromatic heterocycles. The summed E-state index contributed by atoms with van der Waals surface area (Å²) in [5, 5.41) is 14.9. The molecule has 1 heterocycles. The zero-order valence-corrected chi connectivity index (χ0v) is 14.4. The van der Waals surface area contributed by atoms with Crippen LogP contribution < -0.4 is 10.2 Å². The Balaban J connectivity index is 2.35. The maximum atomic E-state index is 11.8. The van der Waals surface area contributed by atoms with Crippen molar-refractivity contribution in [3.8, 4) is 0 Å². The van der Waals surface area contributed by atoms with Gasteiger partial charge in [0.2, 0.25) is 0 Å². The van der Waals surface area contributed by atoms with Crippen LogP contribution in [0.5, 0.6) is 0 Å². The first-order valence-corrected chi connectivity index (χ1v) is 8.42. The summed E-state index contributed by atoms with van der Waals surface area (Å²) >= 11 is 7.27. The molecule has 1 aromatic carbocycles.